The summed E-state index contributed by atoms with van der Waals surface area (Å²) in [7, 11) is 0. The van der Waals surface area contributed by atoms with Gasteiger partial charge in [-0.1, -0.05) is 0 Å². The number of fused-ring (bicyclic) bond motifs is 1. The number of benzene rings is 1. The second-order valence-corrected chi connectivity index (χ2v) is 6.50. The Balaban J connectivity index is 2.15. The van der Waals surface area contributed by atoms with Crippen LogP contribution in [0.15, 0.2) is 33.4 Å². The normalized spacial score (nSPS) is 13.4. The van der Waals surface area contributed by atoms with E-state index >= 15 is 0 Å². The molecule has 1 atom stereocenters. The molecule has 0 fully saturated rings. The number of aliphatic hydroxyl groups is 1. The average Bonchev–Trinajstić information content (AvgIpc) is 2.74. The Morgan fingerprint density at radius 3 is 2.80 bits per heavy atom. The quantitative estimate of drug-likeness (QED) is 0.859. The zero-order valence-corrected chi connectivity index (χ0v) is 13.2. The topological polar surface area (TPSA) is 59.7 Å². The van der Waals surface area contributed by atoms with Crippen LogP contribution in [-0.2, 0) is 9.53 Å². The van der Waals surface area contributed by atoms with E-state index in [0.717, 1.165) is 15.4 Å². The summed E-state index contributed by atoms with van der Waals surface area (Å²) in [5.74, 6) is -0.423. The summed E-state index contributed by atoms with van der Waals surface area (Å²) >= 11 is 3.39. The van der Waals surface area contributed by atoms with Crippen LogP contribution in [0, 0.1) is 0 Å². The Kier molecular flexibility index (Phi) is 4.20. The van der Waals surface area contributed by atoms with Gasteiger partial charge in [0.25, 0.3) is 0 Å². The highest BCUT2D eigenvalue weighted by Crippen LogP contribution is 2.30. The van der Waals surface area contributed by atoms with Crippen molar-refractivity contribution in [2.75, 3.05) is 0 Å². The van der Waals surface area contributed by atoms with Gasteiger partial charge in [0.1, 0.15) is 11.2 Å². The molecule has 108 valence electrons. The van der Waals surface area contributed by atoms with Crippen molar-refractivity contribution < 1.29 is 19.1 Å². The lowest BCUT2D eigenvalue weighted by Gasteiger charge is -2.20. The van der Waals surface area contributed by atoms with Gasteiger partial charge in [-0.3, -0.25) is 4.79 Å². The fourth-order valence-corrected chi connectivity index (χ4v) is 2.50. The summed E-state index contributed by atoms with van der Waals surface area (Å²) in [5, 5.41) is 11.0. The first-order valence-electron chi connectivity index (χ1n) is 6.33. The van der Waals surface area contributed by atoms with Crippen molar-refractivity contribution in [3.05, 3.63) is 34.5 Å². The predicted molar refractivity (Wildman–Crippen MR) is 79.3 cm³/mol. The monoisotopic (exact) mass is 340 g/mol. The highest BCUT2D eigenvalue weighted by Gasteiger charge is 2.21. The minimum Gasteiger partial charge on any atom is -0.463 e. The maximum atomic E-state index is 11.7. The maximum absolute atomic E-state index is 11.7. The smallest absolute Gasteiger partial charge is 0.309 e. The van der Waals surface area contributed by atoms with Gasteiger partial charge in [-0.25, -0.2) is 0 Å². The standard InChI is InChI=1S/C15H17BrO4/c1-15(2,3)20-13(18)8-12(17)10-6-9-4-5-19-14(9)11(16)7-10/h4-7,12,17H,8H2,1-3H3. The van der Waals surface area contributed by atoms with Crippen molar-refractivity contribution in [3.8, 4) is 0 Å². The Hall–Kier alpha value is -1.33. The third-order valence-electron chi connectivity index (χ3n) is 2.69. The van der Waals surface area contributed by atoms with Crippen molar-refractivity contribution in [1.29, 1.82) is 0 Å². The molecule has 0 aliphatic heterocycles. The molecule has 1 unspecified atom stereocenters. The zero-order valence-electron chi connectivity index (χ0n) is 11.6. The largest absolute Gasteiger partial charge is 0.463 e. The molecule has 1 aromatic heterocycles. The summed E-state index contributed by atoms with van der Waals surface area (Å²) < 4.78 is 11.3. The van der Waals surface area contributed by atoms with E-state index in [-0.39, 0.29) is 6.42 Å². The van der Waals surface area contributed by atoms with Gasteiger partial charge in [-0.2, -0.15) is 0 Å². The minimum absolute atomic E-state index is 0.0763. The number of furan rings is 1. The van der Waals surface area contributed by atoms with E-state index in [2.05, 4.69) is 15.9 Å². The predicted octanol–water partition coefficient (Wildman–Crippen LogP) is 3.96. The molecule has 4 nitrogen and oxygen atoms in total. The van der Waals surface area contributed by atoms with E-state index in [9.17, 15) is 9.90 Å². The fourth-order valence-electron chi connectivity index (χ4n) is 1.91. The number of hydrogen-bond donors (Lipinski definition) is 1. The van der Waals surface area contributed by atoms with Crippen LogP contribution in [0.2, 0.25) is 0 Å². The van der Waals surface area contributed by atoms with E-state index in [1.165, 1.54) is 0 Å². The molecule has 1 heterocycles. The molecule has 0 bridgehead atoms. The van der Waals surface area contributed by atoms with Crippen LogP contribution >= 0.6 is 15.9 Å². The first kappa shape index (κ1) is 15.1. The molecule has 1 N–H and O–H groups in total. The first-order chi connectivity index (χ1) is 9.26. The third-order valence-corrected chi connectivity index (χ3v) is 3.28. The van der Waals surface area contributed by atoms with E-state index < -0.39 is 17.7 Å². The van der Waals surface area contributed by atoms with Crippen LogP contribution in [-0.4, -0.2) is 16.7 Å². The number of halogens is 1. The second kappa shape index (κ2) is 5.58. The van der Waals surface area contributed by atoms with Crippen LogP contribution in [0.25, 0.3) is 11.0 Å². The second-order valence-electron chi connectivity index (χ2n) is 5.65. The fraction of sp³-hybridized carbons (Fsp3) is 0.400. The number of ether oxygens (including phenoxy) is 1. The number of esters is 1. The van der Waals surface area contributed by atoms with E-state index in [1.807, 2.05) is 6.07 Å². The van der Waals surface area contributed by atoms with E-state index in [0.29, 0.717) is 5.56 Å². The molecule has 1 aromatic carbocycles. The summed E-state index contributed by atoms with van der Waals surface area (Å²) in [6, 6.07) is 5.36. The Morgan fingerprint density at radius 2 is 2.15 bits per heavy atom. The van der Waals surface area contributed by atoms with Gasteiger partial charge in [0.15, 0.2) is 0 Å². The number of aliphatic hydroxyl groups excluding tert-OH is 1. The maximum Gasteiger partial charge on any atom is 0.309 e. The Morgan fingerprint density at radius 1 is 1.45 bits per heavy atom. The van der Waals surface area contributed by atoms with Crippen LogP contribution in [0.1, 0.15) is 38.9 Å². The van der Waals surface area contributed by atoms with Crippen molar-refractivity contribution in [2.45, 2.75) is 38.9 Å². The molecule has 0 aliphatic rings. The molecule has 0 amide bonds. The summed E-state index contributed by atoms with van der Waals surface area (Å²) in [6.07, 6.45) is 0.604. The number of hydrogen-bond acceptors (Lipinski definition) is 4. The van der Waals surface area contributed by atoms with Gasteiger partial charge in [-0.05, 0) is 60.5 Å². The molecule has 2 aromatic rings. The Labute approximate surface area is 125 Å². The molecule has 0 spiro atoms. The van der Waals surface area contributed by atoms with Gasteiger partial charge in [0, 0.05) is 5.39 Å². The lowest BCUT2D eigenvalue weighted by atomic mass is 10.0. The van der Waals surface area contributed by atoms with Gasteiger partial charge in [0.05, 0.1) is 23.3 Å². The van der Waals surface area contributed by atoms with Gasteiger partial charge >= 0.3 is 5.97 Å². The van der Waals surface area contributed by atoms with Crippen molar-refractivity contribution in [1.82, 2.24) is 0 Å². The first-order valence-corrected chi connectivity index (χ1v) is 7.12. The lowest BCUT2D eigenvalue weighted by Crippen LogP contribution is -2.24. The summed E-state index contributed by atoms with van der Waals surface area (Å²) in [4.78, 5) is 11.7. The number of rotatable bonds is 3. The highest BCUT2D eigenvalue weighted by molar-refractivity contribution is 9.10. The van der Waals surface area contributed by atoms with Crippen molar-refractivity contribution in [3.63, 3.8) is 0 Å². The van der Waals surface area contributed by atoms with E-state index in [1.54, 1.807) is 39.2 Å². The van der Waals surface area contributed by atoms with Gasteiger partial charge in [0.2, 0.25) is 0 Å². The number of carbonyl (C=O) groups is 1. The molecule has 0 saturated carbocycles. The molecule has 0 radical (unpaired) electrons. The molecule has 20 heavy (non-hydrogen) atoms. The number of carbonyl (C=O) groups excluding carboxylic acids is 1. The van der Waals surface area contributed by atoms with Crippen LogP contribution in [0.4, 0.5) is 0 Å². The Bertz CT molecular complexity index is 624. The van der Waals surface area contributed by atoms with Crippen LogP contribution in [0.3, 0.4) is 0 Å². The zero-order chi connectivity index (χ0) is 14.9. The average molecular weight is 341 g/mol. The molecule has 0 saturated heterocycles. The molecule has 2 rings (SSSR count). The van der Waals surface area contributed by atoms with Crippen molar-refractivity contribution in [2.24, 2.45) is 0 Å². The summed E-state index contributed by atoms with van der Waals surface area (Å²) in [6.45, 7) is 5.39. The van der Waals surface area contributed by atoms with Crippen LogP contribution in [0.5, 0.6) is 0 Å². The van der Waals surface area contributed by atoms with Gasteiger partial charge < -0.3 is 14.3 Å². The molecule has 0 aliphatic carbocycles. The molecular weight excluding hydrogens is 324 g/mol. The summed E-state index contributed by atoms with van der Waals surface area (Å²) in [5.41, 5.74) is 0.821. The highest BCUT2D eigenvalue weighted by atomic mass is 79.9. The van der Waals surface area contributed by atoms with Crippen molar-refractivity contribution >= 4 is 32.9 Å². The third kappa shape index (κ3) is 3.61. The van der Waals surface area contributed by atoms with Gasteiger partial charge in [-0.15, -0.1) is 0 Å². The lowest BCUT2D eigenvalue weighted by molar-refractivity contribution is -0.157. The molecular formula is C15H17BrO4. The van der Waals surface area contributed by atoms with E-state index in [4.69, 9.17) is 9.15 Å². The van der Waals surface area contributed by atoms with Crippen LogP contribution < -0.4 is 0 Å². The SMILES string of the molecule is CC(C)(C)OC(=O)CC(O)c1cc(Br)c2occc2c1. The molecule has 5 heteroatoms. The minimum atomic E-state index is -0.902.